The lowest BCUT2D eigenvalue weighted by Gasteiger charge is -2.08. The van der Waals surface area contributed by atoms with Gasteiger partial charge in [-0.1, -0.05) is 30.8 Å². The molecule has 2 rings (SSSR count). The first kappa shape index (κ1) is 18.1. The van der Waals surface area contributed by atoms with Crippen LogP contribution in [0.15, 0.2) is 40.3 Å². The van der Waals surface area contributed by atoms with Crippen LogP contribution in [0.4, 0.5) is 18.9 Å². The van der Waals surface area contributed by atoms with Gasteiger partial charge in [-0.05, 0) is 24.1 Å². The first-order valence-corrected chi connectivity index (χ1v) is 7.96. The van der Waals surface area contributed by atoms with Crippen molar-refractivity contribution in [1.29, 1.82) is 0 Å². The molecule has 0 aliphatic rings. The van der Waals surface area contributed by atoms with E-state index in [0.29, 0.717) is 11.8 Å². The normalized spacial score (nSPS) is 11.3. The molecule has 128 valence electrons. The summed E-state index contributed by atoms with van der Waals surface area (Å²) < 4.78 is 37.8. The van der Waals surface area contributed by atoms with Crippen LogP contribution in [-0.4, -0.2) is 21.6 Å². The Morgan fingerprint density at radius 3 is 2.54 bits per heavy atom. The van der Waals surface area contributed by atoms with E-state index in [-0.39, 0.29) is 10.9 Å². The third-order valence-corrected chi connectivity index (χ3v) is 3.87. The van der Waals surface area contributed by atoms with Crippen LogP contribution in [0.2, 0.25) is 0 Å². The Morgan fingerprint density at radius 2 is 1.96 bits per heavy atom. The zero-order chi connectivity index (χ0) is 17.7. The van der Waals surface area contributed by atoms with Crippen molar-refractivity contribution < 1.29 is 18.0 Å². The number of hydrogen-bond donors (Lipinski definition) is 2. The molecule has 1 amide bonds. The van der Waals surface area contributed by atoms with Crippen molar-refractivity contribution in [3.05, 3.63) is 51.9 Å². The molecule has 0 bridgehead atoms. The van der Waals surface area contributed by atoms with Crippen molar-refractivity contribution in [3.8, 4) is 0 Å². The van der Waals surface area contributed by atoms with Crippen LogP contribution in [0, 0.1) is 0 Å². The first-order chi connectivity index (χ1) is 11.3. The lowest BCUT2D eigenvalue weighted by atomic mass is 10.1. The van der Waals surface area contributed by atoms with Crippen LogP contribution in [0.1, 0.15) is 18.2 Å². The molecule has 1 aromatic carbocycles. The largest absolute Gasteiger partial charge is 0.433 e. The number of benzene rings is 1. The van der Waals surface area contributed by atoms with Crippen molar-refractivity contribution in [2.75, 3.05) is 11.1 Å². The maximum atomic E-state index is 12.6. The molecule has 0 aliphatic carbocycles. The van der Waals surface area contributed by atoms with Crippen molar-refractivity contribution in [2.24, 2.45) is 0 Å². The van der Waals surface area contributed by atoms with E-state index in [2.05, 4.69) is 15.3 Å². The number of halogens is 3. The molecule has 0 radical (unpaired) electrons. The summed E-state index contributed by atoms with van der Waals surface area (Å²) >= 11 is 0.721. The quantitative estimate of drug-likeness (QED) is 0.637. The second-order valence-corrected chi connectivity index (χ2v) is 5.78. The van der Waals surface area contributed by atoms with Gasteiger partial charge in [-0.25, -0.2) is 4.98 Å². The second kappa shape index (κ2) is 7.52. The highest BCUT2D eigenvalue weighted by atomic mass is 32.2. The van der Waals surface area contributed by atoms with Crippen molar-refractivity contribution in [2.45, 2.75) is 24.7 Å². The predicted octanol–water partition coefficient (Wildman–Crippen LogP) is 3.08. The molecule has 2 aromatic rings. The van der Waals surface area contributed by atoms with E-state index in [4.69, 9.17) is 0 Å². The molecule has 1 aromatic heterocycles. The van der Waals surface area contributed by atoms with Gasteiger partial charge in [0.15, 0.2) is 10.9 Å². The topological polar surface area (TPSA) is 74.8 Å². The van der Waals surface area contributed by atoms with Gasteiger partial charge in [0.1, 0.15) is 0 Å². The molecule has 0 atom stereocenters. The smallest absolute Gasteiger partial charge is 0.325 e. The van der Waals surface area contributed by atoms with Gasteiger partial charge in [-0.2, -0.15) is 13.2 Å². The number of thioether (sulfide) groups is 1. The van der Waals surface area contributed by atoms with Crippen LogP contribution in [0.25, 0.3) is 0 Å². The van der Waals surface area contributed by atoms with E-state index >= 15 is 0 Å². The summed E-state index contributed by atoms with van der Waals surface area (Å²) in [6.45, 7) is 2.01. The summed E-state index contributed by atoms with van der Waals surface area (Å²) in [5.74, 6) is -0.593. The molecular formula is C15H14F3N3O2S. The maximum Gasteiger partial charge on any atom is 0.433 e. The lowest BCUT2D eigenvalue weighted by molar-refractivity contribution is -0.141. The minimum Gasteiger partial charge on any atom is -0.325 e. The predicted molar refractivity (Wildman–Crippen MR) is 85.0 cm³/mol. The number of H-pyrrole nitrogens is 1. The van der Waals surface area contributed by atoms with Crippen LogP contribution in [-0.2, 0) is 17.4 Å². The number of aromatic nitrogens is 2. The molecule has 24 heavy (non-hydrogen) atoms. The number of alkyl halides is 3. The highest BCUT2D eigenvalue weighted by molar-refractivity contribution is 7.99. The number of aryl methyl sites for hydroxylation is 1. The molecule has 9 heteroatoms. The highest BCUT2D eigenvalue weighted by Crippen LogP contribution is 2.27. The van der Waals surface area contributed by atoms with E-state index in [1.54, 1.807) is 12.1 Å². The Hall–Kier alpha value is -2.29. The minimum absolute atomic E-state index is 0.181. The van der Waals surface area contributed by atoms with Crippen LogP contribution in [0.5, 0.6) is 0 Å². The van der Waals surface area contributed by atoms with E-state index < -0.39 is 23.3 Å². The minimum atomic E-state index is -4.72. The van der Waals surface area contributed by atoms with Crippen molar-refractivity contribution in [1.82, 2.24) is 9.97 Å². The molecule has 5 nitrogen and oxygen atoms in total. The Labute approximate surface area is 139 Å². The number of carbonyl (C=O) groups is 1. The third-order valence-electron chi connectivity index (χ3n) is 3.00. The fraction of sp³-hybridized carbons (Fsp3) is 0.267. The van der Waals surface area contributed by atoms with Gasteiger partial charge < -0.3 is 10.3 Å². The number of anilines is 1. The summed E-state index contributed by atoms with van der Waals surface area (Å²) in [7, 11) is 0. The summed E-state index contributed by atoms with van der Waals surface area (Å²) in [6, 6.07) is 7.60. The summed E-state index contributed by atoms with van der Waals surface area (Å²) in [5.41, 5.74) is -0.504. The number of aromatic amines is 1. The standard InChI is InChI=1S/C15H14F3N3O2S/c1-2-9-3-5-10(6-4-9)19-13(23)8-24-14-20-11(15(16,17)18)7-12(22)21-14/h3-7H,2,8H2,1H3,(H,19,23)(H,20,21,22). The number of nitrogens with one attached hydrogen (secondary N) is 2. The number of carbonyl (C=O) groups excluding carboxylic acids is 1. The molecule has 0 spiro atoms. The fourth-order valence-corrected chi connectivity index (χ4v) is 2.48. The third kappa shape index (κ3) is 5.12. The zero-order valence-corrected chi connectivity index (χ0v) is 13.4. The lowest BCUT2D eigenvalue weighted by Crippen LogP contribution is -2.18. The number of amides is 1. The van der Waals surface area contributed by atoms with Gasteiger partial charge in [0.25, 0.3) is 5.56 Å². The molecule has 0 aliphatic heterocycles. The second-order valence-electron chi connectivity index (χ2n) is 4.82. The molecule has 1 heterocycles. The Kier molecular flexibility index (Phi) is 5.66. The summed E-state index contributed by atoms with van der Waals surface area (Å²) in [6.07, 6.45) is -3.84. The van der Waals surface area contributed by atoms with Crippen LogP contribution < -0.4 is 10.9 Å². The molecule has 0 saturated heterocycles. The highest BCUT2D eigenvalue weighted by Gasteiger charge is 2.33. The average Bonchev–Trinajstić information content (AvgIpc) is 2.52. The molecule has 0 saturated carbocycles. The van der Waals surface area contributed by atoms with E-state index in [1.807, 2.05) is 19.1 Å². The average molecular weight is 357 g/mol. The number of hydrogen-bond acceptors (Lipinski definition) is 4. The van der Waals surface area contributed by atoms with Crippen LogP contribution >= 0.6 is 11.8 Å². The van der Waals surface area contributed by atoms with Gasteiger partial charge in [-0.15, -0.1) is 0 Å². The van der Waals surface area contributed by atoms with Crippen molar-refractivity contribution >= 4 is 23.4 Å². The number of rotatable bonds is 5. The fourth-order valence-electron chi connectivity index (χ4n) is 1.80. The monoisotopic (exact) mass is 357 g/mol. The van der Waals surface area contributed by atoms with Gasteiger partial charge in [0.2, 0.25) is 5.91 Å². The molecular weight excluding hydrogens is 343 g/mol. The SMILES string of the molecule is CCc1ccc(NC(=O)CSc2nc(C(F)(F)F)cc(=O)[nH]2)cc1. The van der Waals surface area contributed by atoms with Crippen molar-refractivity contribution in [3.63, 3.8) is 0 Å². The first-order valence-electron chi connectivity index (χ1n) is 6.98. The Bertz CT molecular complexity index is 773. The molecule has 2 N–H and O–H groups in total. The number of nitrogens with zero attached hydrogens (tertiary/aromatic N) is 1. The molecule has 0 fully saturated rings. The van der Waals surface area contributed by atoms with Gasteiger partial charge in [0, 0.05) is 11.8 Å². The Balaban J connectivity index is 1.98. The van der Waals surface area contributed by atoms with Gasteiger partial charge >= 0.3 is 6.18 Å². The Morgan fingerprint density at radius 1 is 1.29 bits per heavy atom. The van der Waals surface area contributed by atoms with E-state index in [0.717, 1.165) is 23.7 Å². The van der Waals surface area contributed by atoms with Gasteiger partial charge in [-0.3, -0.25) is 9.59 Å². The molecule has 0 unspecified atom stereocenters. The summed E-state index contributed by atoms with van der Waals surface area (Å²) in [5, 5.41) is 2.36. The van der Waals surface area contributed by atoms with Gasteiger partial charge in [0.05, 0.1) is 5.75 Å². The maximum absolute atomic E-state index is 12.6. The van der Waals surface area contributed by atoms with E-state index in [9.17, 15) is 22.8 Å². The van der Waals surface area contributed by atoms with Crippen LogP contribution in [0.3, 0.4) is 0 Å². The van der Waals surface area contributed by atoms with E-state index in [1.165, 1.54) is 0 Å². The zero-order valence-electron chi connectivity index (χ0n) is 12.6. The summed E-state index contributed by atoms with van der Waals surface area (Å²) in [4.78, 5) is 28.6.